The Morgan fingerprint density at radius 1 is 0.960 bits per heavy atom. The lowest BCUT2D eigenvalue weighted by atomic mass is 10.1. The van der Waals surface area contributed by atoms with Gasteiger partial charge in [0.25, 0.3) is 0 Å². The number of hydrogen-bond donors (Lipinski definition) is 2. The van der Waals surface area contributed by atoms with E-state index in [4.69, 9.17) is 9.47 Å². The van der Waals surface area contributed by atoms with Crippen LogP contribution in [0.25, 0.3) is 0 Å². The Balaban J connectivity index is 2.16. The highest BCUT2D eigenvalue weighted by molar-refractivity contribution is 5.38. The molecule has 2 aromatic rings. The van der Waals surface area contributed by atoms with Gasteiger partial charge in [-0.2, -0.15) is 15.0 Å². The van der Waals surface area contributed by atoms with Gasteiger partial charge in [-0.1, -0.05) is 6.92 Å². The highest BCUT2D eigenvalue weighted by Gasteiger charge is 2.15. The summed E-state index contributed by atoms with van der Waals surface area (Å²) < 4.78 is 11.0. The predicted molar refractivity (Wildman–Crippen MR) is 95.3 cm³/mol. The van der Waals surface area contributed by atoms with Crippen LogP contribution in [0.4, 0.5) is 11.9 Å². The zero-order valence-corrected chi connectivity index (χ0v) is 15.3. The third kappa shape index (κ3) is 6.36. The van der Waals surface area contributed by atoms with Crippen LogP contribution in [0.5, 0.6) is 17.8 Å². The summed E-state index contributed by atoms with van der Waals surface area (Å²) in [6, 6.07) is 3.48. The molecule has 2 rings (SSSR count). The van der Waals surface area contributed by atoms with E-state index >= 15 is 0 Å². The second-order valence-electron chi connectivity index (χ2n) is 6.33. The molecule has 25 heavy (non-hydrogen) atoms. The third-order valence-electron chi connectivity index (χ3n) is 2.70. The Morgan fingerprint density at radius 2 is 1.64 bits per heavy atom. The van der Waals surface area contributed by atoms with Crippen molar-refractivity contribution < 1.29 is 9.47 Å². The maximum Gasteiger partial charge on any atom is 0.330 e. The second kappa shape index (κ2) is 8.41. The van der Waals surface area contributed by atoms with E-state index in [0.29, 0.717) is 30.9 Å². The molecule has 136 valence electrons. The molecule has 0 bridgehead atoms. The van der Waals surface area contributed by atoms with Gasteiger partial charge in [0.15, 0.2) is 0 Å². The lowest BCUT2D eigenvalue weighted by Crippen LogP contribution is -2.27. The first-order valence-electron chi connectivity index (χ1n) is 8.32. The van der Waals surface area contributed by atoms with Gasteiger partial charge in [0, 0.05) is 24.2 Å². The molecule has 2 aromatic heterocycles. The lowest BCUT2D eigenvalue weighted by molar-refractivity contribution is 0.298. The molecule has 0 spiro atoms. The zero-order valence-electron chi connectivity index (χ0n) is 15.3. The van der Waals surface area contributed by atoms with E-state index in [1.165, 1.54) is 0 Å². The molecule has 0 unspecified atom stereocenters. The van der Waals surface area contributed by atoms with Crippen LogP contribution in [-0.4, -0.2) is 43.8 Å². The number of aromatic nitrogens is 5. The van der Waals surface area contributed by atoms with Crippen molar-refractivity contribution >= 4 is 11.9 Å². The van der Waals surface area contributed by atoms with Gasteiger partial charge in [-0.05, 0) is 34.1 Å². The predicted octanol–water partition coefficient (Wildman–Crippen LogP) is 2.88. The smallest absolute Gasteiger partial charge is 0.330 e. The van der Waals surface area contributed by atoms with E-state index in [2.05, 4.69) is 35.8 Å². The van der Waals surface area contributed by atoms with Crippen LogP contribution in [0.3, 0.4) is 0 Å². The normalized spacial score (nSPS) is 11.1. The van der Waals surface area contributed by atoms with Crippen LogP contribution in [0.1, 0.15) is 41.0 Å². The van der Waals surface area contributed by atoms with Gasteiger partial charge < -0.3 is 20.1 Å². The number of nitrogens with one attached hydrogen (secondary N) is 2. The molecule has 0 saturated heterocycles. The summed E-state index contributed by atoms with van der Waals surface area (Å²) in [4.78, 5) is 12.8. The monoisotopic (exact) mass is 347 g/mol. The van der Waals surface area contributed by atoms with Crippen molar-refractivity contribution in [3.05, 3.63) is 12.1 Å². The number of nitrogens with zero attached hydrogens (tertiary/aromatic N) is 5. The van der Waals surface area contributed by atoms with Crippen LogP contribution in [0, 0.1) is 0 Å². The van der Waals surface area contributed by atoms with Crippen LogP contribution in [0.2, 0.25) is 0 Å². The van der Waals surface area contributed by atoms with Crippen LogP contribution in [-0.2, 0) is 0 Å². The van der Waals surface area contributed by atoms with Crippen molar-refractivity contribution in [2.24, 2.45) is 0 Å². The molecule has 9 heteroatoms. The van der Waals surface area contributed by atoms with E-state index in [9.17, 15) is 0 Å². The molecule has 9 nitrogen and oxygen atoms in total. The van der Waals surface area contributed by atoms with Crippen molar-refractivity contribution in [2.75, 3.05) is 23.8 Å². The van der Waals surface area contributed by atoms with E-state index in [-0.39, 0.29) is 17.4 Å². The molecule has 0 aliphatic heterocycles. The third-order valence-corrected chi connectivity index (χ3v) is 2.70. The average molecular weight is 347 g/mol. The minimum Gasteiger partial charge on any atom is -0.477 e. The molecular weight excluding hydrogens is 322 g/mol. The van der Waals surface area contributed by atoms with Crippen molar-refractivity contribution in [1.29, 1.82) is 0 Å². The fraction of sp³-hybridized carbons (Fsp3) is 0.562. The van der Waals surface area contributed by atoms with Gasteiger partial charge in [-0.25, -0.2) is 0 Å². The first-order chi connectivity index (χ1) is 11.9. The van der Waals surface area contributed by atoms with Crippen molar-refractivity contribution in [3.8, 4) is 17.8 Å². The summed E-state index contributed by atoms with van der Waals surface area (Å²) in [5.41, 5.74) is -0.194. The highest BCUT2D eigenvalue weighted by Crippen LogP contribution is 2.20. The molecule has 2 heterocycles. The van der Waals surface area contributed by atoms with E-state index in [0.717, 1.165) is 6.42 Å². The lowest BCUT2D eigenvalue weighted by Gasteiger charge is -2.20. The fourth-order valence-electron chi connectivity index (χ4n) is 1.77. The molecule has 0 aromatic carbocycles. The molecular formula is C16H25N7O2. The summed E-state index contributed by atoms with van der Waals surface area (Å²) in [5.74, 6) is 1.58. The number of anilines is 2. The van der Waals surface area contributed by atoms with Crippen LogP contribution in [0.15, 0.2) is 12.1 Å². The number of rotatable bonds is 8. The highest BCUT2D eigenvalue weighted by atomic mass is 16.5. The summed E-state index contributed by atoms with van der Waals surface area (Å²) in [6.07, 6.45) is 0.904. The maximum atomic E-state index is 5.61. The van der Waals surface area contributed by atoms with E-state index in [1.807, 2.05) is 34.6 Å². The van der Waals surface area contributed by atoms with Crippen molar-refractivity contribution in [3.63, 3.8) is 0 Å². The molecule has 0 fully saturated rings. The van der Waals surface area contributed by atoms with Crippen LogP contribution >= 0.6 is 0 Å². The largest absolute Gasteiger partial charge is 0.477 e. The molecule has 2 N–H and O–H groups in total. The molecule has 0 saturated carbocycles. The second-order valence-corrected chi connectivity index (χ2v) is 6.33. The molecule has 0 amide bonds. The van der Waals surface area contributed by atoms with Gasteiger partial charge in [0.05, 0.1) is 6.61 Å². The van der Waals surface area contributed by atoms with Gasteiger partial charge in [0.2, 0.25) is 23.7 Å². The topological polar surface area (TPSA) is 107 Å². The first kappa shape index (κ1) is 18.6. The Morgan fingerprint density at radius 3 is 2.24 bits per heavy atom. The maximum absolute atomic E-state index is 5.61. The Labute approximate surface area is 147 Å². The SMILES string of the molecule is CCCOc1ccc(Oc2nc(NCC)nc(NC(C)(C)C)n2)nn1. The quantitative estimate of drug-likeness (QED) is 0.745. The van der Waals surface area contributed by atoms with Crippen molar-refractivity contribution in [1.82, 2.24) is 25.1 Å². The molecule has 0 atom stereocenters. The van der Waals surface area contributed by atoms with E-state index < -0.39 is 0 Å². The minimum atomic E-state index is -0.194. The van der Waals surface area contributed by atoms with E-state index in [1.54, 1.807) is 12.1 Å². The fourth-order valence-corrected chi connectivity index (χ4v) is 1.77. The number of ether oxygens (including phenoxy) is 2. The Hall–Kier alpha value is -2.71. The first-order valence-corrected chi connectivity index (χ1v) is 8.32. The Kier molecular flexibility index (Phi) is 6.26. The number of hydrogen-bond acceptors (Lipinski definition) is 9. The van der Waals surface area contributed by atoms with Crippen molar-refractivity contribution in [2.45, 2.75) is 46.6 Å². The summed E-state index contributed by atoms with van der Waals surface area (Å²) in [7, 11) is 0. The van der Waals surface area contributed by atoms with Gasteiger partial charge in [-0.3, -0.25) is 0 Å². The summed E-state index contributed by atoms with van der Waals surface area (Å²) in [5, 5.41) is 14.2. The summed E-state index contributed by atoms with van der Waals surface area (Å²) >= 11 is 0. The van der Waals surface area contributed by atoms with Gasteiger partial charge in [-0.15, -0.1) is 10.2 Å². The molecule has 0 aliphatic carbocycles. The molecule has 0 radical (unpaired) electrons. The molecule has 0 aliphatic rings. The summed E-state index contributed by atoms with van der Waals surface area (Å²) in [6.45, 7) is 11.3. The zero-order chi connectivity index (χ0) is 18.3. The Bertz CT molecular complexity index is 671. The van der Waals surface area contributed by atoms with Gasteiger partial charge in [0.1, 0.15) is 0 Å². The average Bonchev–Trinajstić information content (AvgIpc) is 2.53. The van der Waals surface area contributed by atoms with Crippen LogP contribution < -0.4 is 20.1 Å². The van der Waals surface area contributed by atoms with Gasteiger partial charge >= 0.3 is 6.01 Å². The minimum absolute atomic E-state index is 0.134. The standard InChI is InChI=1S/C16H25N7O2/c1-6-10-24-11-8-9-12(23-22-11)25-15-19-13(17-7-2)18-14(20-15)21-16(3,4)5/h8-9H,6-7,10H2,1-5H3,(H2,17,18,19,20,21).